The number of carbonyl (C=O) groups excluding carboxylic acids is 1. The van der Waals surface area contributed by atoms with Crippen molar-refractivity contribution in [1.82, 2.24) is 0 Å². The maximum Gasteiger partial charge on any atom is 0.228 e. The molecule has 20 heavy (non-hydrogen) atoms. The van der Waals surface area contributed by atoms with E-state index in [0.717, 1.165) is 35.7 Å². The average Bonchev–Trinajstić information content (AvgIpc) is 2.99. The number of nitrogen functional groups attached to an aromatic ring is 1. The Kier molecular flexibility index (Phi) is 2.27. The minimum atomic E-state index is 0.0428. The molecule has 0 radical (unpaired) electrons. The van der Waals surface area contributed by atoms with Gasteiger partial charge in [-0.2, -0.15) is 0 Å². The van der Waals surface area contributed by atoms with Crippen molar-refractivity contribution in [3.05, 3.63) is 53.1 Å². The van der Waals surface area contributed by atoms with E-state index in [9.17, 15) is 4.79 Å². The number of nitrogens with zero attached hydrogens (tertiary/aromatic N) is 1. The molecule has 2 aromatic rings. The van der Waals surface area contributed by atoms with Gasteiger partial charge in [-0.1, -0.05) is 24.3 Å². The van der Waals surface area contributed by atoms with Gasteiger partial charge >= 0.3 is 0 Å². The summed E-state index contributed by atoms with van der Waals surface area (Å²) in [5.41, 5.74) is 12.5. The maximum atomic E-state index is 11.5. The van der Waals surface area contributed by atoms with Crippen LogP contribution in [0, 0.1) is 0 Å². The van der Waals surface area contributed by atoms with E-state index in [1.54, 1.807) is 0 Å². The average molecular weight is 265 g/mol. The number of anilines is 3. The molecule has 2 heterocycles. The minimum absolute atomic E-state index is 0.0428. The second-order valence-corrected chi connectivity index (χ2v) is 5.42. The van der Waals surface area contributed by atoms with Crippen LogP contribution in [0.2, 0.25) is 0 Å². The molecule has 2 aliphatic heterocycles. The molecule has 0 unspecified atom stereocenters. The van der Waals surface area contributed by atoms with E-state index >= 15 is 0 Å². The SMILES string of the molecule is Nc1cc2c(cc1N1Cc3ccccc3C1)NC(=O)C2. The van der Waals surface area contributed by atoms with Crippen molar-refractivity contribution >= 4 is 23.0 Å². The van der Waals surface area contributed by atoms with Crippen LogP contribution in [0.4, 0.5) is 17.1 Å². The van der Waals surface area contributed by atoms with Crippen LogP contribution in [0.5, 0.6) is 0 Å². The first-order valence-corrected chi connectivity index (χ1v) is 6.75. The first kappa shape index (κ1) is 11.3. The number of amides is 1. The number of fused-ring (bicyclic) bond motifs is 2. The summed E-state index contributed by atoms with van der Waals surface area (Å²) >= 11 is 0. The van der Waals surface area contributed by atoms with Crippen LogP contribution < -0.4 is 16.0 Å². The normalized spacial score (nSPS) is 16.0. The fraction of sp³-hybridized carbons (Fsp3) is 0.188. The van der Waals surface area contributed by atoms with Gasteiger partial charge in [0.15, 0.2) is 0 Å². The van der Waals surface area contributed by atoms with Crippen molar-refractivity contribution in [2.24, 2.45) is 0 Å². The third-order valence-corrected chi connectivity index (χ3v) is 4.06. The van der Waals surface area contributed by atoms with Crippen LogP contribution in [0.25, 0.3) is 0 Å². The van der Waals surface area contributed by atoms with Crippen LogP contribution in [-0.4, -0.2) is 5.91 Å². The first-order chi connectivity index (χ1) is 9.70. The van der Waals surface area contributed by atoms with Gasteiger partial charge in [-0.05, 0) is 28.8 Å². The summed E-state index contributed by atoms with van der Waals surface area (Å²) in [6.07, 6.45) is 0.431. The van der Waals surface area contributed by atoms with Gasteiger partial charge in [-0.15, -0.1) is 0 Å². The number of carbonyl (C=O) groups is 1. The van der Waals surface area contributed by atoms with E-state index in [-0.39, 0.29) is 5.91 Å². The Balaban J connectivity index is 1.71. The smallest absolute Gasteiger partial charge is 0.228 e. The quantitative estimate of drug-likeness (QED) is 0.778. The van der Waals surface area contributed by atoms with Gasteiger partial charge in [-0.25, -0.2) is 0 Å². The van der Waals surface area contributed by atoms with Crippen molar-refractivity contribution in [3.63, 3.8) is 0 Å². The summed E-state index contributed by atoms with van der Waals surface area (Å²) in [5, 5.41) is 2.89. The molecule has 0 atom stereocenters. The molecule has 4 nitrogen and oxygen atoms in total. The maximum absolute atomic E-state index is 11.5. The molecule has 2 aliphatic rings. The Hall–Kier alpha value is -2.49. The van der Waals surface area contributed by atoms with Crippen molar-refractivity contribution in [1.29, 1.82) is 0 Å². The number of hydrogen-bond donors (Lipinski definition) is 2. The Bertz CT molecular complexity index is 699. The lowest BCUT2D eigenvalue weighted by molar-refractivity contribution is -0.115. The predicted octanol–water partition coefficient (Wildman–Crippen LogP) is 2.28. The standard InChI is InChI=1S/C16H15N3O/c17-13-5-12-6-16(20)18-14(12)7-15(13)19-8-10-3-1-2-4-11(10)9-19/h1-5,7H,6,8-9,17H2,(H,18,20). The summed E-state index contributed by atoms with van der Waals surface area (Å²) in [4.78, 5) is 13.7. The first-order valence-electron chi connectivity index (χ1n) is 6.75. The molecule has 4 rings (SSSR count). The van der Waals surface area contributed by atoms with Gasteiger partial charge in [0.2, 0.25) is 5.91 Å². The largest absolute Gasteiger partial charge is 0.397 e. The van der Waals surface area contributed by atoms with Gasteiger partial charge < -0.3 is 16.0 Å². The lowest BCUT2D eigenvalue weighted by atomic mass is 10.1. The van der Waals surface area contributed by atoms with E-state index in [2.05, 4.69) is 34.5 Å². The Morgan fingerprint density at radius 1 is 1.05 bits per heavy atom. The monoisotopic (exact) mass is 265 g/mol. The molecule has 0 aliphatic carbocycles. The molecule has 0 aromatic heterocycles. The summed E-state index contributed by atoms with van der Waals surface area (Å²) in [6, 6.07) is 12.4. The summed E-state index contributed by atoms with van der Waals surface area (Å²) in [6.45, 7) is 1.74. The second-order valence-electron chi connectivity index (χ2n) is 5.42. The zero-order valence-corrected chi connectivity index (χ0v) is 11.0. The molecule has 0 bridgehead atoms. The molecule has 100 valence electrons. The van der Waals surface area contributed by atoms with E-state index < -0.39 is 0 Å². The van der Waals surface area contributed by atoms with Gasteiger partial charge in [0.25, 0.3) is 0 Å². The topological polar surface area (TPSA) is 58.4 Å². The molecule has 1 amide bonds. The zero-order chi connectivity index (χ0) is 13.7. The van der Waals surface area contributed by atoms with Crippen LogP contribution in [0.15, 0.2) is 36.4 Å². The molecule has 3 N–H and O–H groups in total. The molecule has 0 spiro atoms. The van der Waals surface area contributed by atoms with Gasteiger partial charge in [0.1, 0.15) is 0 Å². The lowest BCUT2D eigenvalue weighted by Gasteiger charge is -2.21. The number of nitrogens with one attached hydrogen (secondary N) is 1. The van der Waals surface area contributed by atoms with Gasteiger partial charge in [0.05, 0.1) is 17.8 Å². The number of benzene rings is 2. The molecular weight excluding hydrogens is 250 g/mol. The summed E-state index contributed by atoms with van der Waals surface area (Å²) < 4.78 is 0. The Morgan fingerprint density at radius 3 is 2.45 bits per heavy atom. The van der Waals surface area contributed by atoms with E-state index in [1.807, 2.05) is 12.1 Å². The lowest BCUT2D eigenvalue weighted by Crippen LogP contribution is -2.16. The highest BCUT2D eigenvalue weighted by molar-refractivity contribution is 6.01. The summed E-state index contributed by atoms with van der Waals surface area (Å²) in [5.74, 6) is 0.0428. The number of rotatable bonds is 1. The molecular formula is C16H15N3O. The molecule has 2 aromatic carbocycles. The molecule has 0 fully saturated rings. The Morgan fingerprint density at radius 2 is 1.75 bits per heavy atom. The van der Waals surface area contributed by atoms with Gasteiger partial charge in [0, 0.05) is 18.8 Å². The highest BCUT2D eigenvalue weighted by atomic mass is 16.1. The van der Waals surface area contributed by atoms with Crippen LogP contribution in [-0.2, 0) is 24.3 Å². The third-order valence-electron chi connectivity index (χ3n) is 4.06. The molecule has 0 saturated carbocycles. The van der Waals surface area contributed by atoms with E-state index in [4.69, 9.17) is 5.73 Å². The molecule has 0 saturated heterocycles. The van der Waals surface area contributed by atoms with Crippen molar-refractivity contribution < 1.29 is 4.79 Å². The Labute approximate surface area is 117 Å². The predicted molar refractivity (Wildman–Crippen MR) is 79.5 cm³/mol. The highest BCUT2D eigenvalue weighted by Gasteiger charge is 2.24. The fourth-order valence-electron chi connectivity index (χ4n) is 3.06. The molecule has 4 heteroatoms. The van der Waals surface area contributed by atoms with E-state index in [1.165, 1.54) is 11.1 Å². The van der Waals surface area contributed by atoms with Crippen LogP contribution >= 0.6 is 0 Å². The highest BCUT2D eigenvalue weighted by Crippen LogP contribution is 2.37. The van der Waals surface area contributed by atoms with Crippen LogP contribution in [0.1, 0.15) is 16.7 Å². The third kappa shape index (κ3) is 1.65. The fourth-order valence-corrected chi connectivity index (χ4v) is 3.06. The van der Waals surface area contributed by atoms with Crippen LogP contribution in [0.3, 0.4) is 0 Å². The van der Waals surface area contributed by atoms with Crippen molar-refractivity contribution in [2.45, 2.75) is 19.5 Å². The second kappa shape index (κ2) is 4.00. The minimum Gasteiger partial charge on any atom is -0.397 e. The van der Waals surface area contributed by atoms with Gasteiger partial charge in [-0.3, -0.25) is 4.79 Å². The number of nitrogens with two attached hydrogens (primary N) is 1. The summed E-state index contributed by atoms with van der Waals surface area (Å²) in [7, 11) is 0. The van der Waals surface area contributed by atoms with Crippen molar-refractivity contribution in [3.8, 4) is 0 Å². The van der Waals surface area contributed by atoms with Crippen molar-refractivity contribution in [2.75, 3.05) is 16.0 Å². The zero-order valence-electron chi connectivity index (χ0n) is 11.0. The van der Waals surface area contributed by atoms with E-state index in [0.29, 0.717) is 6.42 Å². The number of hydrogen-bond acceptors (Lipinski definition) is 3.